The number of carbonyl (C=O) groups is 2. The zero-order chi connectivity index (χ0) is 50.7. The molecule has 2 unspecified atom stereocenters. The molecule has 0 aliphatic rings. The number of nitrogens with one attached hydrogen (secondary N) is 1. The first kappa shape index (κ1) is 68.1. The lowest BCUT2D eigenvalue weighted by Crippen LogP contribution is -2.45. The molecule has 2 atom stereocenters. The molecule has 1 amide bonds. The van der Waals surface area contributed by atoms with Crippen LogP contribution in [0.4, 0.5) is 0 Å². The topological polar surface area (TPSA) is 95.9 Å². The number of esters is 1. The Labute approximate surface area is 436 Å². The minimum atomic E-state index is -0.857. The van der Waals surface area contributed by atoms with Crippen molar-refractivity contribution in [1.29, 1.82) is 0 Å². The van der Waals surface area contributed by atoms with Gasteiger partial charge in [0.2, 0.25) is 5.91 Å². The van der Waals surface area contributed by atoms with Gasteiger partial charge in [0.15, 0.2) is 0 Å². The SMILES string of the molecule is CCCCCCCC/C=C\CCCCCCCC(=O)OCCCCCCCCC/C=C\CCCCCCCC(=O)NC(CO)C(O)/C=C/CCCCCCCCCCCCCCCCCCCCCC. The molecule has 0 aliphatic carbocycles. The molecule has 3 N–H and O–H groups in total. The van der Waals surface area contributed by atoms with Crippen LogP contribution in [0.1, 0.15) is 335 Å². The highest BCUT2D eigenvalue weighted by Gasteiger charge is 2.18. The lowest BCUT2D eigenvalue weighted by atomic mass is 10.0. The van der Waals surface area contributed by atoms with E-state index in [2.05, 4.69) is 43.5 Å². The summed E-state index contributed by atoms with van der Waals surface area (Å²) in [5.74, 6) is -0.0942. The Morgan fingerprint density at radius 3 is 1.01 bits per heavy atom. The van der Waals surface area contributed by atoms with E-state index in [-0.39, 0.29) is 18.5 Å². The van der Waals surface area contributed by atoms with E-state index in [0.717, 1.165) is 64.2 Å². The summed E-state index contributed by atoms with van der Waals surface area (Å²) in [5.41, 5.74) is 0. The van der Waals surface area contributed by atoms with E-state index in [4.69, 9.17) is 4.74 Å². The summed E-state index contributed by atoms with van der Waals surface area (Å²) in [4.78, 5) is 24.5. The van der Waals surface area contributed by atoms with E-state index in [1.54, 1.807) is 6.08 Å². The van der Waals surface area contributed by atoms with Gasteiger partial charge >= 0.3 is 5.97 Å². The van der Waals surface area contributed by atoms with Gasteiger partial charge in [0, 0.05) is 12.8 Å². The van der Waals surface area contributed by atoms with Crippen molar-refractivity contribution < 1.29 is 24.5 Å². The van der Waals surface area contributed by atoms with Crippen molar-refractivity contribution in [1.82, 2.24) is 5.32 Å². The minimum absolute atomic E-state index is 0.0115. The maximum absolute atomic E-state index is 12.5. The first-order chi connectivity index (χ1) is 34.5. The predicted molar refractivity (Wildman–Crippen MR) is 306 cm³/mol. The van der Waals surface area contributed by atoms with Gasteiger partial charge in [0.25, 0.3) is 0 Å². The van der Waals surface area contributed by atoms with E-state index in [1.165, 1.54) is 244 Å². The standard InChI is InChI=1S/C64H121NO5/c1-3-5-7-9-11-13-15-17-19-20-21-22-23-24-25-29-32-36-40-44-48-52-56-62(67)61(60-66)65-63(68)57-53-49-45-41-37-33-30-26-27-31-35-39-43-47-51-55-59-70-64(69)58-54-50-46-42-38-34-28-18-16-14-12-10-8-6-4-2/h18,26,28,30,52,56,61-62,66-67H,3-17,19-25,27,29,31-51,53-55,57-60H2,1-2H3,(H,65,68)/b28-18-,30-26-,56-52+. The van der Waals surface area contributed by atoms with Crippen LogP contribution in [0, 0.1) is 0 Å². The van der Waals surface area contributed by atoms with Crippen LogP contribution in [0.2, 0.25) is 0 Å². The maximum Gasteiger partial charge on any atom is 0.305 e. The highest BCUT2D eigenvalue weighted by atomic mass is 16.5. The average Bonchev–Trinajstić information content (AvgIpc) is 3.36. The average molecular weight is 985 g/mol. The largest absolute Gasteiger partial charge is 0.466 e. The molecule has 6 heteroatoms. The van der Waals surface area contributed by atoms with Gasteiger partial charge < -0.3 is 20.3 Å². The zero-order valence-corrected chi connectivity index (χ0v) is 47.0. The number of hydrogen-bond acceptors (Lipinski definition) is 5. The molecule has 6 nitrogen and oxygen atoms in total. The van der Waals surface area contributed by atoms with Crippen molar-refractivity contribution >= 4 is 11.9 Å². The van der Waals surface area contributed by atoms with Crippen molar-refractivity contribution in [3.05, 3.63) is 36.5 Å². The maximum atomic E-state index is 12.5. The van der Waals surface area contributed by atoms with Gasteiger partial charge in [-0.05, 0) is 83.5 Å². The number of aliphatic hydroxyl groups excluding tert-OH is 2. The fourth-order valence-corrected chi connectivity index (χ4v) is 9.57. The highest BCUT2D eigenvalue weighted by Crippen LogP contribution is 2.17. The first-order valence-corrected chi connectivity index (χ1v) is 31.3. The molecule has 0 fully saturated rings. The Morgan fingerprint density at radius 1 is 0.386 bits per heavy atom. The quantitative estimate of drug-likeness (QED) is 0.0321. The van der Waals surface area contributed by atoms with Gasteiger partial charge in [-0.15, -0.1) is 0 Å². The molecule has 412 valence electrons. The van der Waals surface area contributed by atoms with Gasteiger partial charge in [0.1, 0.15) is 0 Å². The Balaban J connectivity index is 3.50. The number of hydrogen-bond donors (Lipinski definition) is 3. The van der Waals surface area contributed by atoms with E-state index in [9.17, 15) is 19.8 Å². The molecule has 0 radical (unpaired) electrons. The Morgan fingerprint density at radius 2 is 0.671 bits per heavy atom. The zero-order valence-electron chi connectivity index (χ0n) is 47.0. The van der Waals surface area contributed by atoms with E-state index in [0.29, 0.717) is 19.4 Å². The number of allylic oxidation sites excluding steroid dienone is 5. The summed E-state index contributed by atoms with van der Waals surface area (Å²) in [6, 6.07) is -0.642. The van der Waals surface area contributed by atoms with Crippen molar-refractivity contribution in [2.24, 2.45) is 0 Å². The first-order valence-electron chi connectivity index (χ1n) is 31.3. The second kappa shape index (κ2) is 59.6. The number of ether oxygens (including phenoxy) is 1. The summed E-state index contributed by atoms with van der Waals surface area (Å²) in [7, 11) is 0. The smallest absolute Gasteiger partial charge is 0.305 e. The Hall–Kier alpha value is -1.92. The second-order valence-corrected chi connectivity index (χ2v) is 21.4. The summed E-state index contributed by atoms with van der Waals surface area (Å²) in [6.07, 6.45) is 74.6. The third-order valence-electron chi connectivity index (χ3n) is 14.4. The number of aliphatic hydroxyl groups is 2. The van der Waals surface area contributed by atoms with Gasteiger partial charge in [-0.3, -0.25) is 9.59 Å². The molecular formula is C64H121NO5. The monoisotopic (exact) mass is 984 g/mol. The molecule has 0 rings (SSSR count). The fourth-order valence-electron chi connectivity index (χ4n) is 9.57. The number of unbranched alkanes of at least 4 members (excludes halogenated alkanes) is 43. The van der Waals surface area contributed by atoms with Crippen LogP contribution >= 0.6 is 0 Å². The third-order valence-corrected chi connectivity index (χ3v) is 14.4. The molecule has 70 heavy (non-hydrogen) atoms. The van der Waals surface area contributed by atoms with Gasteiger partial charge in [-0.2, -0.15) is 0 Å². The number of rotatable bonds is 58. The molecular weight excluding hydrogens is 863 g/mol. The van der Waals surface area contributed by atoms with Crippen LogP contribution in [0.25, 0.3) is 0 Å². The van der Waals surface area contributed by atoms with Crippen LogP contribution in [0.5, 0.6) is 0 Å². The molecule has 0 aromatic heterocycles. The minimum Gasteiger partial charge on any atom is -0.466 e. The number of carbonyl (C=O) groups excluding carboxylic acids is 2. The molecule has 0 aliphatic heterocycles. The van der Waals surface area contributed by atoms with Crippen molar-refractivity contribution in [3.8, 4) is 0 Å². The van der Waals surface area contributed by atoms with Crippen LogP contribution in [-0.2, 0) is 14.3 Å². The van der Waals surface area contributed by atoms with Crippen molar-refractivity contribution in [2.45, 2.75) is 347 Å². The van der Waals surface area contributed by atoms with Gasteiger partial charge in [-0.1, -0.05) is 275 Å². The molecule has 0 saturated heterocycles. The summed E-state index contributed by atoms with van der Waals surface area (Å²) in [5, 5.41) is 23.2. The van der Waals surface area contributed by atoms with Gasteiger partial charge in [0.05, 0.1) is 25.4 Å². The lowest BCUT2D eigenvalue weighted by molar-refractivity contribution is -0.143. The molecule has 0 heterocycles. The fraction of sp³-hybridized carbons (Fsp3) is 0.875. The molecule has 0 aromatic rings. The van der Waals surface area contributed by atoms with E-state index >= 15 is 0 Å². The van der Waals surface area contributed by atoms with Gasteiger partial charge in [-0.25, -0.2) is 0 Å². The van der Waals surface area contributed by atoms with E-state index in [1.807, 2.05) is 6.08 Å². The van der Waals surface area contributed by atoms with Crippen molar-refractivity contribution in [3.63, 3.8) is 0 Å². The second-order valence-electron chi connectivity index (χ2n) is 21.4. The Bertz CT molecular complexity index is 1130. The molecule has 0 spiro atoms. The summed E-state index contributed by atoms with van der Waals surface area (Å²) in [6.45, 7) is 4.89. The number of amides is 1. The van der Waals surface area contributed by atoms with Crippen LogP contribution < -0.4 is 5.32 Å². The summed E-state index contributed by atoms with van der Waals surface area (Å²) < 4.78 is 5.47. The molecule has 0 bridgehead atoms. The Kier molecular flexibility index (Phi) is 58.0. The van der Waals surface area contributed by atoms with Crippen LogP contribution in [0.15, 0.2) is 36.5 Å². The lowest BCUT2D eigenvalue weighted by Gasteiger charge is -2.20. The highest BCUT2D eigenvalue weighted by molar-refractivity contribution is 5.76. The van der Waals surface area contributed by atoms with Crippen LogP contribution in [0.3, 0.4) is 0 Å². The van der Waals surface area contributed by atoms with Crippen molar-refractivity contribution in [2.75, 3.05) is 13.2 Å². The summed E-state index contributed by atoms with van der Waals surface area (Å²) >= 11 is 0. The van der Waals surface area contributed by atoms with Crippen LogP contribution in [-0.4, -0.2) is 47.4 Å². The molecule has 0 saturated carbocycles. The molecule has 0 aromatic carbocycles. The normalized spacial score (nSPS) is 12.8. The van der Waals surface area contributed by atoms with E-state index < -0.39 is 12.1 Å². The predicted octanol–water partition coefficient (Wildman–Crippen LogP) is 19.6. The third kappa shape index (κ3) is 55.4.